The second kappa shape index (κ2) is 8.98. The van der Waals surface area contributed by atoms with E-state index in [-0.39, 0.29) is 11.3 Å². The summed E-state index contributed by atoms with van der Waals surface area (Å²) in [6.45, 7) is 0. The summed E-state index contributed by atoms with van der Waals surface area (Å²) in [5.41, 5.74) is 2.31. The number of nitrogens with one attached hydrogen (secondary N) is 1. The van der Waals surface area contributed by atoms with E-state index in [1.54, 1.807) is 40.9 Å². The molecule has 0 atom stereocenters. The number of hydrogen-bond donors (Lipinski definition) is 1. The lowest BCUT2D eigenvalue weighted by Gasteiger charge is -2.07. The highest BCUT2D eigenvalue weighted by Crippen LogP contribution is 2.28. The van der Waals surface area contributed by atoms with Crippen LogP contribution in [0.3, 0.4) is 0 Å². The van der Waals surface area contributed by atoms with Gasteiger partial charge < -0.3 is 14.5 Å². The number of aromatic nitrogens is 2. The summed E-state index contributed by atoms with van der Waals surface area (Å²) in [6, 6.07) is 25.7. The van der Waals surface area contributed by atoms with Crippen molar-refractivity contribution in [3.63, 3.8) is 0 Å². The lowest BCUT2D eigenvalue weighted by molar-refractivity contribution is 0.103. The minimum atomic E-state index is -0.246. The molecule has 5 nitrogen and oxygen atoms in total. The third-order valence-electron chi connectivity index (χ3n) is 5.01. The largest absolute Gasteiger partial charge is 0.457 e. The maximum absolute atomic E-state index is 13.0. The smallest absolute Gasteiger partial charge is 0.197 e. The zero-order valence-corrected chi connectivity index (χ0v) is 18.7. The number of imidazole rings is 1. The molecule has 2 heterocycles. The Morgan fingerprint density at radius 1 is 0.788 bits per heavy atom. The van der Waals surface area contributed by atoms with E-state index < -0.39 is 0 Å². The molecule has 1 N–H and O–H groups in total. The summed E-state index contributed by atoms with van der Waals surface area (Å²) in [5, 5.41) is 3.91. The highest BCUT2D eigenvalue weighted by molar-refractivity contribution is 6.41. The number of carbonyl (C=O) groups is 1. The first-order valence-corrected chi connectivity index (χ1v) is 10.9. The van der Waals surface area contributed by atoms with E-state index in [0.717, 1.165) is 17.2 Å². The number of halogens is 2. The van der Waals surface area contributed by atoms with Crippen LogP contribution in [-0.4, -0.2) is 15.2 Å². The third-order valence-corrected chi connectivity index (χ3v) is 5.64. The summed E-state index contributed by atoms with van der Waals surface area (Å²) in [7, 11) is 0. The molecular weight excluding hydrogens is 457 g/mol. The number of para-hydroxylation sites is 1. The minimum Gasteiger partial charge on any atom is -0.457 e. The number of fused-ring (bicyclic) bond motifs is 1. The Kier molecular flexibility index (Phi) is 5.73. The summed E-state index contributed by atoms with van der Waals surface area (Å²) < 4.78 is 7.61. The summed E-state index contributed by atoms with van der Waals surface area (Å²) in [6.07, 6.45) is 3.53. The number of pyridine rings is 1. The number of carbonyl (C=O) groups excluding carboxylic acids is 1. The molecule has 0 amide bonds. The molecule has 0 fully saturated rings. The predicted molar refractivity (Wildman–Crippen MR) is 131 cm³/mol. The topological polar surface area (TPSA) is 55.6 Å². The number of anilines is 2. The fourth-order valence-electron chi connectivity index (χ4n) is 3.42. The average Bonchev–Trinajstić information content (AvgIpc) is 3.22. The number of ketones is 1. The van der Waals surface area contributed by atoms with Crippen molar-refractivity contribution >= 4 is 46.1 Å². The van der Waals surface area contributed by atoms with Crippen molar-refractivity contribution in [3.8, 4) is 11.5 Å². The number of ether oxygens (including phenoxy) is 1. The van der Waals surface area contributed by atoms with E-state index in [4.69, 9.17) is 27.9 Å². The Bertz CT molecular complexity index is 1430. The van der Waals surface area contributed by atoms with Crippen LogP contribution >= 0.6 is 23.2 Å². The van der Waals surface area contributed by atoms with Gasteiger partial charge in [0.05, 0.1) is 21.8 Å². The average molecular weight is 474 g/mol. The van der Waals surface area contributed by atoms with E-state index in [0.29, 0.717) is 27.1 Å². The van der Waals surface area contributed by atoms with Crippen LogP contribution in [0.15, 0.2) is 97.3 Å². The van der Waals surface area contributed by atoms with E-state index in [1.165, 1.54) is 0 Å². The van der Waals surface area contributed by atoms with Gasteiger partial charge in [-0.15, -0.1) is 0 Å². The van der Waals surface area contributed by atoms with Gasteiger partial charge in [0.15, 0.2) is 5.78 Å². The molecule has 0 saturated carbocycles. The van der Waals surface area contributed by atoms with Gasteiger partial charge in [-0.2, -0.15) is 0 Å². The molecule has 0 spiro atoms. The molecule has 0 aliphatic heterocycles. The molecule has 0 aliphatic carbocycles. The van der Waals surface area contributed by atoms with E-state index in [1.807, 2.05) is 60.8 Å². The molecule has 0 saturated heterocycles. The van der Waals surface area contributed by atoms with Crippen LogP contribution in [0.1, 0.15) is 15.9 Å². The zero-order valence-electron chi connectivity index (χ0n) is 17.2. The molecule has 5 rings (SSSR count). The van der Waals surface area contributed by atoms with Crippen LogP contribution in [-0.2, 0) is 0 Å². The van der Waals surface area contributed by atoms with Crippen molar-refractivity contribution in [1.82, 2.24) is 9.38 Å². The molecule has 3 aromatic carbocycles. The van der Waals surface area contributed by atoms with Crippen molar-refractivity contribution in [2.75, 3.05) is 5.32 Å². The van der Waals surface area contributed by atoms with Gasteiger partial charge in [0.25, 0.3) is 0 Å². The Balaban J connectivity index is 1.34. The SMILES string of the molecule is O=C(c1ccc2nc(Nc3ccc(Oc4ccccc4)cc3)cn2c1)c1c(Cl)cccc1Cl. The summed E-state index contributed by atoms with van der Waals surface area (Å²) in [4.78, 5) is 17.5. The quantitative estimate of drug-likeness (QED) is 0.261. The first kappa shape index (κ1) is 21.1. The lowest BCUT2D eigenvalue weighted by Crippen LogP contribution is -2.04. The monoisotopic (exact) mass is 473 g/mol. The molecule has 2 aromatic heterocycles. The fourth-order valence-corrected chi connectivity index (χ4v) is 3.99. The first-order valence-electron chi connectivity index (χ1n) is 10.1. The fraction of sp³-hybridized carbons (Fsp3) is 0. The third kappa shape index (κ3) is 4.55. The van der Waals surface area contributed by atoms with Gasteiger partial charge in [0.1, 0.15) is 23.0 Å². The van der Waals surface area contributed by atoms with Crippen molar-refractivity contribution in [2.24, 2.45) is 0 Å². The maximum atomic E-state index is 13.0. The van der Waals surface area contributed by atoms with Crippen LogP contribution in [0.4, 0.5) is 11.5 Å². The second-order valence-corrected chi connectivity index (χ2v) is 8.11. The van der Waals surface area contributed by atoms with Crippen molar-refractivity contribution in [2.45, 2.75) is 0 Å². The number of rotatable bonds is 6. The van der Waals surface area contributed by atoms with Gasteiger partial charge in [0, 0.05) is 17.4 Å². The van der Waals surface area contributed by atoms with Gasteiger partial charge in [-0.05, 0) is 60.7 Å². The Hall–Kier alpha value is -3.80. The molecule has 0 aliphatic rings. The van der Waals surface area contributed by atoms with Crippen molar-refractivity contribution in [1.29, 1.82) is 0 Å². The van der Waals surface area contributed by atoms with Crippen LogP contribution < -0.4 is 10.1 Å². The molecule has 5 aromatic rings. The molecule has 0 bridgehead atoms. The van der Waals surface area contributed by atoms with Gasteiger partial charge in [-0.3, -0.25) is 4.79 Å². The first-order chi connectivity index (χ1) is 16.1. The highest BCUT2D eigenvalue weighted by Gasteiger charge is 2.17. The molecule has 162 valence electrons. The maximum Gasteiger partial charge on any atom is 0.197 e. The Morgan fingerprint density at radius 3 is 2.21 bits per heavy atom. The van der Waals surface area contributed by atoms with Gasteiger partial charge in [-0.25, -0.2) is 4.98 Å². The molecule has 0 unspecified atom stereocenters. The van der Waals surface area contributed by atoms with Gasteiger partial charge in [-0.1, -0.05) is 47.5 Å². The Morgan fingerprint density at radius 2 is 1.48 bits per heavy atom. The molecule has 0 radical (unpaired) electrons. The van der Waals surface area contributed by atoms with Gasteiger partial charge in [0.2, 0.25) is 0 Å². The molecule has 7 heteroatoms. The number of benzene rings is 3. The molecule has 33 heavy (non-hydrogen) atoms. The van der Waals surface area contributed by atoms with Crippen molar-refractivity contribution < 1.29 is 9.53 Å². The van der Waals surface area contributed by atoms with E-state index in [2.05, 4.69) is 10.3 Å². The van der Waals surface area contributed by atoms with Gasteiger partial charge >= 0.3 is 0 Å². The summed E-state index contributed by atoms with van der Waals surface area (Å²) in [5.74, 6) is 1.92. The van der Waals surface area contributed by atoms with E-state index >= 15 is 0 Å². The lowest BCUT2D eigenvalue weighted by atomic mass is 10.0. The number of hydrogen-bond acceptors (Lipinski definition) is 4. The zero-order chi connectivity index (χ0) is 22.8. The van der Waals surface area contributed by atoms with Crippen LogP contribution in [0.5, 0.6) is 11.5 Å². The standard InChI is InChI=1S/C26H17Cl2N3O2/c27-21-7-4-8-22(28)25(21)26(32)17-9-14-24-30-23(16-31(24)15-17)29-18-10-12-20(13-11-18)33-19-5-2-1-3-6-19/h1-16,29H. The van der Waals surface area contributed by atoms with Crippen LogP contribution in [0.25, 0.3) is 5.65 Å². The summed E-state index contributed by atoms with van der Waals surface area (Å²) >= 11 is 12.4. The van der Waals surface area contributed by atoms with Crippen LogP contribution in [0.2, 0.25) is 10.0 Å². The molecular formula is C26H17Cl2N3O2. The second-order valence-electron chi connectivity index (χ2n) is 7.30. The van der Waals surface area contributed by atoms with Crippen LogP contribution in [0, 0.1) is 0 Å². The highest BCUT2D eigenvalue weighted by atomic mass is 35.5. The normalized spacial score (nSPS) is 10.8. The minimum absolute atomic E-state index is 0.246. The van der Waals surface area contributed by atoms with Crippen molar-refractivity contribution in [3.05, 3.63) is 118 Å². The Labute approximate surface area is 200 Å². The van der Waals surface area contributed by atoms with E-state index in [9.17, 15) is 4.79 Å². The number of nitrogens with zero attached hydrogens (tertiary/aromatic N) is 2. The predicted octanol–water partition coefficient (Wildman–Crippen LogP) is 7.41.